The van der Waals surface area contributed by atoms with Gasteiger partial charge in [-0.1, -0.05) is 103 Å². The molecule has 4 aromatic rings. The van der Waals surface area contributed by atoms with Gasteiger partial charge in [0.05, 0.1) is 0 Å². The molecular weight excluding hydrogens is 328 g/mol. The summed E-state index contributed by atoms with van der Waals surface area (Å²) in [4.78, 5) is 0. The summed E-state index contributed by atoms with van der Waals surface area (Å²) < 4.78 is 5.94. The van der Waals surface area contributed by atoms with Gasteiger partial charge in [0.15, 0.2) is 0 Å². The van der Waals surface area contributed by atoms with Crippen molar-refractivity contribution in [2.75, 3.05) is 0 Å². The van der Waals surface area contributed by atoms with Gasteiger partial charge in [-0.05, 0) is 34.4 Å². The molecule has 1 heteroatoms. The van der Waals surface area contributed by atoms with Crippen molar-refractivity contribution in [2.45, 2.75) is 12.5 Å². The minimum Gasteiger partial charge on any atom is -0.489 e. The van der Waals surface area contributed by atoms with Gasteiger partial charge in [-0.2, -0.15) is 0 Å². The lowest BCUT2D eigenvalue weighted by Gasteiger charge is -2.19. The summed E-state index contributed by atoms with van der Waals surface area (Å²) >= 11 is 0. The minimum atomic E-state index is 0.218. The van der Waals surface area contributed by atoms with E-state index in [1.165, 1.54) is 22.3 Å². The molecule has 0 radical (unpaired) electrons. The summed E-state index contributed by atoms with van der Waals surface area (Å²) in [6.45, 7) is 0.584. The Bertz CT molecular complexity index is 906. The number of rotatable bonds is 6. The van der Waals surface area contributed by atoms with E-state index in [-0.39, 0.29) is 5.92 Å². The third kappa shape index (κ3) is 4.27. The predicted molar refractivity (Wildman–Crippen MR) is 111 cm³/mol. The van der Waals surface area contributed by atoms with E-state index in [0.717, 1.165) is 5.75 Å². The lowest BCUT2D eigenvalue weighted by molar-refractivity contribution is 0.306. The number of hydrogen-bond acceptors (Lipinski definition) is 1. The third-order valence-electron chi connectivity index (χ3n) is 4.73. The maximum Gasteiger partial charge on any atom is 0.119 e. The van der Waals surface area contributed by atoms with Gasteiger partial charge in [0.1, 0.15) is 12.4 Å². The van der Waals surface area contributed by atoms with Crippen LogP contribution in [0.4, 0.5) is 0 Å². The van der Waals surface area contributed by atoms with Crippen LogP contribution in [0.15, 0.2) is 115 Å². The van der Waals surface area contributed by atoms with Crippen LogP contribution in [-0.4, -0.2) is 0 Å². The lowest BCUT2D eigenvalue weighted by atomic mass is 9.85. The second kappa shape index (κ2) is 8.37. The zero-order chi connectivity index (χ0) is 18.3. The Hall–Kier alpha value is -3.32. The lowest BCUT2D eigenvalue weighted by Crippen LogP contribution is -2.03. The molecule has 0 aliphatic rings. The second-order valence-corrected chi connectivity index (χ2v) is 6.60. The second-order valence-electron chi connectivity index (χ2n) is 6.60. The van der Waals surface area contributed by atoms with E-state index in [2.05, 4.69) is 97.1 Å². The Morgan fingerprint density at radius 2 is 0.926 bits per heavy atom. The van der Waals surface area contributed by atoms with Crippen molar-refractivity contribution in [2.24, 2.45) is 0 Å². The summed E-state index contributed by atoms with van der Waals surface area (Å²) in [6, 6.07) is 40.0. The Labute approximate surface area is 160 Å². The van der Waals surface area contributed by atoms with Crippen LogP contribution in [0.25, 0.3) is 0 Å². The van der Waals surface area contributed by atoms with Gasteiger partial charge in [0, 0.05) is 5.92 Å². The van der Waals surface area contributed by atoms with Crippen molar-refractivity contribution in [3.63, 3.8) is 0 Å². The molecule has 0 aliphatic heterocycles. The number of ether oxygens (including phenoxy) is 1. The third-order valence-corrected chi connectivity index (χ3v) is 4.73. The first kappa shape index (κ1) is 17.1. The Balaban J connectivity index is 1.58. The molecule has 0 heterocycles. The Kier molecular flexibility index (Phi) is 5.31. The summed E-state index contributed by atoms with van der Waals surface area (Å²) in [5, 5.41) is 0. The van der Waals surface area contributed by atoms with Crippen LogP contribution in [0.3, 0.4) is 0 Å². The van der Waals surface area contributed by atoms with Crippen LogP contribution in [0.2, 0.25) is 0 Å². The fraction of sp³-hybridized carbons (Fsp3) is 0.0769. The van der Waals surface area contributed by atoms with Crippen molar-refractivity contribution in [3.8, 4) is 5.75 Å². The van der Waals surface area contributed by atoms with E-state index in [1.54, 1.807) is 0 Å². The van der Waals surface area contributed by atoms with Gasteiger partial charge < -0.3 is 4.74 Å². The van der Waals surface area contributed by atoms with Crippen molar-refractivity contribution in [1.82, 2.24) is 0 Å². The topological polar surface area (TPSA) is 9.23 Å². The summed E-state index contributed by atoms with van der Waals surface area (Å²) in [5.74, 6) is 1.11. The SMILES string of the molecule is c1ccc(COc2ccc(C(c3ccccc3)c3ccccc3)cc2)cc1. The van der Waals surface area contributed by atoms with Gasteiger partial charge in [-0.3, -0.25) is 0 Å². The average molecular weight is 350 g/mol. The van der Waals surface area contributed by atoms with Crippen LogP contribution in [0.5, 0.6) is 5.75 Å². The molecule has 0 saturated carbocycles. The number of benzene rings is 4. The molecule has 0 aliphatic carbocycles. The molecule has 0 aromatic heterocycles. The zero-order valence-electron chi connectivity index (χ0n) is 15.2. The standard InChI is InChI=1S/C26H22O/c1-4-10-21(11-5-1)20-27-25-18-16-24(17-19-25)26(22-12-6-2-7-13-22)23-14-8-3-9-15-23/h1-19,26H,20H2. The molecular formula is C26H22O. The maximum absolute atomic E-state index is 5.94. The fourth-order valence-corrected chi connectivity index (χ4v) is 3.37. The minimum absolute atomic E-state index is 0.218. The smallest absolute Gasteiger partial charge is 0.119 e. The van der Waals surface area contributed by atoms with Crippen molar-refractivity contribution in [3.05, 3.63) is 138 Å². The van der Waals surface area contributed by atoms with Crippen LogP contribution in [0, 0.1) is 0 Å². The molecule has 132 valence electrons. The molecule has 4 rings (SSSR count). The highest BCUT2D eigenvalue weighted by Gasteiger charge is 2.16. The highest BCUT2D eigenvalue weighted by atomic mass is 16.5. The molecule has 4 aromatic carbocycles. The molecule has 0 unspecified atom stereocenters. The van der Waals surface area contributed by atoms with Crippen LogP contribution in [-0.2, 0) is 6.61 Å². The monoisotopic (exact) mass is 350 g/mol. The highest BCUT2D eigenvalue weighted by Crippen LogP contribution is 2.32. The fourth-order valence-electron chi connectivity index (χ4n) is 3.37. The molecule has 0 spiro atoms. The molecule has 0 fully saturated rings. The van der Waals surface area contributed by atoms with E-state index in [1.807, 2.05) is 18.2 Å². The summed E-state index contributed by atoms with van der Waals surface area (Å²) in [7, 11) is 0. The maximum atomic E-state index is 5.94. The summed E-state index contributed by atoms with van der Waals surface area (Å²) in [6.07, 6.45) is 0. The highest BCUT2D eigenvalue weighted by molar-refractivity contribution is 5.44. The van der Waals surface area contributed by atoms with Gasteiger partial charge in [0.2, 0.25) is 0 Å². The van der Waals surface area contributed by atoms with Crippen molar-refractivity contribution < 1.29 is 4.74 Å². The van der Waals surface area contributed by atoms with Gasteiger partial charge in [-0.15, -0.1) is 0 Å². The van der Waals surface area contributed by atoms with Gasteiger partial charge >= 0.3 is 0 Å². The first-order chi connectivity index (χ1) is 13.4. The molecule has 1 nitrogen and oxygen atoms in total. The first-order valence-electron chi connectivity index (χ1n) is 9.27. The molecule has 0 N–H and O–H groups in total. The van der Waals surface area contributed by atoms with Gasteiger partial charge in [-0.25, -0.2) is 0 Å². The molecule has 0 saturated heterocycles. The number of hydrogen-bond donors (Lipinski definition) is 0. The Morgan fingerprint density at radius 3 is 1.44 bits per heavy atom. The average Bonchev–Trinajstić information content (AvgIpc) is 2.76. The molecule has 0 amide bonds. The zero-order valence-corrected chi connectivity index (χ0v) is 15.2. The quantitative estimate of drug-likeness (QED) is 0.363. The van der Waals surface area contributed by atoms with Crippen LogP contribution < -0.4 is 4.74 Å². The van der Waals surface area contributed by atoms with Crippen molar-refractivity contribution in [1.29, 1.82) is 0 Å². The predicted octanol–water partition coefficient (Wildman–Crippen LogP) is 6.45. The van der Waals surface area contributed by atoms with Gasteiger partial charge in [0.25, 0.3) is 0 Å². The van der Waals surface area contributed by atoms with Crippen molar-refractivity contribution >= 4 is 0 Å². The summed E-state index contributed by atoms with van der Waals surface area (Å²) in [5.41, 5.74) is 5.02. The largest absolute Gasteiger partial charge is 0.489 e. The van der Waals surface area contributed by atoms with E-state index >= 15 is 0 Å². The van der Waals surface area contributed by atoms with E-state index in [4.69, 9.17) is 4.74 Å². The van der Waals surface area contributed by atoms with Crippen LogP contribution in [0.1, 0.15) is 28.2 Å². The first-order valence-corrected chi connectivity index (χ1v) is 9.27. The Morgan fingerprint density at radius 1 is 0.481 bits per heavy atom. The molecule has 0 atom stereocenters. The van der Waals surface area contributed by atoms with Crippen LogP contribution >= 0.6 is 0 Å². The molecule has 0 bridgehead atoms. The molecule has 27 heavy (non-hydrogen) atoms. The van der Waals surface area contributed by atoms with E-state index in [9.17, 15) is 0 Å². The van der Waals surface area contributed by atoms with E-state index < -0.39 is 0 Å². The van der Waals surface area contributed by atoms with E-state index in [0.29, 0.717) is 6.61 Å². The normalized spacial score (nSPS) is 10.7.